The third kappa shape index (κ3) is 3.88. The molecule has 1 aromatic carbocycles. The van der Waals surface area contributed by atoms with Gasteiger partial charge in [-0.3, -0.25) is 0 Å². The highest BCUT2D eigenvalue weighted by Crippen LogP contribution is 2.24. The predicted octanol–water partition coefficient (Wildman–Crippen LogP) is 3.69. The minimum Gasteiger partial charge on any atom is -0.478 e. The number of piperidine rings is 1. The van der Waals surface area contributed by atoms with Gasteiger partial charge in [-0.05, 0) is 37.0 Å². The first kappa shape index (κ1) is 15.6. The number of carbonyl (C=O) groups excluding carboxylic acids is 1. The largest absolute Gasteiger partial charge is 0.478 e. The molecule has 2 rings (SSSR count). The Morgan fingerprint density at radius 3 is 2.62 bits per heavy atom. The molecule has 114 valence electrons. The number of nitrogens with one attached hydrogen (secondary N) is 1. The lowest BCUT2D eigenvalue weighted by atomic mass is 9.95. The maximum atomic E-state index is 12.2. The SMILES string of the molecule is CCC1CCN(C(=O)Nc2cc(Cl)ccc2C(=O)O)CC1. The second-order valence-corrected chi connectivity index (χ2v) is 5.70. The zero-order chi connectivity index (χ0) is 15.4. The number of anilines is 1. The van der Waals surface area contributed by atoms with Crippen molar-refractivity contribution in [1.82, 2.24) is 4.90 Å². The molecule has 0 aliphatic carbocycles. The third-order valence-corrected chi connectivity index (χ3v) is 4.17. The van der Waals surface area contributed by atoms with Crippen LogP contribution in [0.2, 0.25) is 5.02 Å². The molecule has 0 atom stereocenters. The van der Waals surface area contributed by atoms with Crippen molar-refractivity contribution >= 4 is 29.3 Å². The molecule has 0 aromatic heterocycles. The Balaban J connectivity index is 2.06. The Labute approximate surface area is 128 Å². The molecule has 6 heteroatoms. The van der Waals surface area contributed by atoms with Gasteiger partial charge in [-0.15, -0.1) is 0 Å². The predicted molar refractivity (Wildman–Crippen MR) is 82.0 cm³/mol. The molecular formula is C15H19ClN2O3. The highest BCUT2D eigenvalue weighted by atomic mass is 35.5. The van der Waals surface area contributed by atoms with Gasteiger partial charge in [0.2, 0.25) is 0 Å². The number of likely N-dealkylation sites (tertiary alicyclic amines) is 1. The van der Waals surface area contributed by atoms with Crippen LogP contribution in [0, 0.1) is 5.92 Å². The first-order chi connectivity index (χ1) is 10.0. The average Bonchev–Trinajstić information content (AvgIpc) is 2.47. The van der Waals surface area contributed by atoms with Gasteiger partial charge in [0.15, 0.2) is 0 Å². The summed E-state index contributed by atoms with van der Waals surface area (Å²) < 4.78 is 0. The van der Waals surface area contributed by atoms with Gasteiger partial charge >= 0.3 is 12.0 Å². The molecule has 1 aliphatic heterocycles. The van der Waals surface area contributed by atoms with Crippen LogP contribution >= 0.6 is 11.6 Å². The zero-order valence-corrected chi connectivity index (χ0v) is 12.7. The Hall–Kier alpha value is -1.75. The number of carboxylic acid groups (broad SMARTS) is 1. The quantitative estimate of drug-likeness (QED) is 0.894. The summed E-state index contributed by atoms with van der Waals surface area (Å²) in [4.78, 5) is 25.1. The van der Waals surface area contributed by atoms with Crippen molar-refractivity contribution in [2.24, 2.45) is 5.92 Å². The number of carboxylic acids is 1. The van der Waals surface area contributed by atoms with E-state index in [2.05, 4.69) is 12.2 Å². The molecule has 0 unspecified atom stereocenters. The minimum absolute atomic E-state index is 0.0381. The molecule has 1 saturated heterocycles. The van der Waals surface area contributed by atoms with E-state index in [0.717, 1.165) is 19.3 Å². The van der Waals surface area contributed by atoms with Crippen molar-refractivity contribution in [2.75, 3.05) is 18.4 Å². The summed E-state index contributed by atoms with van der Waals surface area (Å²) in [6, 6.07) is 4.08. The molecule has 2 amide bonds. The van der Waals surface area contributed by atoms with Crippen molar-refractivity contribution in [2.45, 2.75) is 26.2 Å². The fourth-order valence-corrected chi connectivity index (χ4v) is 2.72. The molecule has 1 fully saturated rings. The molecule has 0 saturated carbocycles. The van der Waals surface area contributed by atoms with Crippen LogP contribution in [0.3, 0.4) is 0 Å². The normalized spacial score (nSPS) is 15.8. The molecule has 1 aliphatic rings. The van der Waals surface area contributed by atoms with Crippen LogP contribution in [0.1, 0.15) is 36.5 Å². The van der Waals surface area contributed by atoms with Gasteiger partial charge in [-0.2, -0.15) is 0 Å². The summed E-state index contributed by atoms with van der Waals surface area (Å²) in [5.41, 5.74) is 0.272. The van der Waals surface area contributed by atoms with Gasteiger partial charge in [0.1, 0.15) is 0 Å². The summed E-state index contributed by atoms with van der Waals surface area (Å²) in [5, 5.41) is 12.2. The number of hydrogen-bond acceptors (Lipinski definition) is 2. The van der Waals surface area contributed by atoms with Gasteiger partial charge < -0.3 is 15.3 Å². The monoisotopic (exact) mass is 310 g/mol. The lowest BCUT2D eigenvalue weighted by molar-refractivity contribution is 0.0698. The topological polar surface area (TPSA) is 69.6 Å². The molecule has 0 bridgehead atoms. The zero-order valence-electron chi connectivity index (χ0n) is 11.9. The number of amides is 2. The van der Waals surface area contributed by atoms with Crippen LogP contribution in [0.5, 0.6) is 0 Å². The first-order valence-electron chi connectivity index (χ1n) is 7.10. The van der Waals surface area contributed by atoms with Gasteiger partial charge in [0.05, 0.1) is 11.3 Å². The van der Waals surface area contributed by atoms with E-state index in [4.69, 9.17) is 16.7 Å². The first-order valence-corrected chi connectivity index (χ1v) is 7.47. The molecular weight excluding hydrogens is 292 g/mol. The summed E-state index contributed by atoms with van der Waals surface area (Å²) in [7, 11) is 0. The minimum atomic E-state index is -1.09. The van der Waals surface area contributed by atoms with Crippen LogP contribution in [0.4, 0.5) is 10.5 Å². The summed E-state index contributed by atoms with van der Waals surface area (Å²) in [6.45, 7) is 3.56. The number of nitrogens with zero attached hydrogens (tertiary/aromatic N) is 1. The van der Waals surface area contributed by atoms with Crippen molar-refractivity contribution in [1.29, 1.82) is 0 Å². The van der Waals surface area contributed by atoms with E-state index in [1.165, 1.54) is 18.2 Å². The number of aromatic carboxylic acids is 1. The maximum absolute atomic E-state index is 12.2. The number of carbonyl (C=O) groups is 2. The third-order valence-electron chi connectivity index (χ3n) is 3.93. The summed E-state index contributed by atoms with van der Waals surface area (Å²) in [5.74, 6) is -0.415. The number of benzene rings is 1. The van der Waals surface area contributed by atoms with Crippen LogP contribution in [0.15, 0.2) is 18.2 Å². The van der Waals surface area contributed by atoms with Gasteiger partial charge in [-0.1, -0.05) is 24.9 Å². The second kappa shape index (κ2) is 6.80. The summed E-state index contributed by atoms with van der Waals surface area (Å²) >= 11 is 5.87. The number of urea groups is 1. The second-order valence-electron chi connectivity index (χ2n) is 5.26. The van der Waals surface area contributed by atoms with Crippen LogP contribution in [-0.2, 0) is 0 Å². The molecule has 5 nitrogen and oxygen atoms in total. The van der Waals surface area contributed by atoms with Crippen molar-refractivity contribution < 1.29 is 14.7 Å². The fraction of sp³-hybridized carbons (Fsp3) is 0.467. The average molecular weight is 311 g/mol. The van der Waals surface area contributed by atoms with Crippen molar-refractivity contribution in [3.05, 3.63) is 28.8 Å². The van der Waals surface area contributed by atoms with Crippen LogP contribution in [-0.4, -0.2) is 35.1 Å². The molecule has 2 N–H and O–H groups in total. The molecule has 0 spiro atoms. The number of rotatable bonds is 3. The van der Waals surface area contributed by atoms with E-state index < -0.39 is 5.97 Å². The van der Waals surface area contributed by atoms with Crippen molar-refractivity contribution in [3.8, 4) is 0 Å². The Morgan fingerprint density at radius 2 is 2.05 bits per heavy atom. The van der Waals surface area contributed by atoms with E-state index in [1.807, 2.05) is 0 Å². The van der Waals surface area contributed by atoms with Crippen LogP contribution < -0.4 is 5.32 Å². The Morgan fingerprint density at radius 1 is 1.38 bits per heavy atom. The van der Waals surface area contributed by atoms with E-state index in [9.17, 15) is 9.59 Å². The lowest BCUT2D eigenvalue weighted by Gasteiger charge is -2.31. The fourth-order valence-electron chi connectivity index (χ4n) is 2.54. The van der Waals surface area contributed by atoms with E-state index in [0.29, 0.717) is 24.0 Å². The maximum Gasteiger partial charge on any atom is 0.337 e. The Bertz CT molecular complexity index is 540. The van der Waals surface area contributed by atoms with E-state index in [-0.39, 0.29) is 17.3 Å². The lowest BCUT2D eigenvalue weighted by Crippen LogP contribution is -2.41. The van der Waals surface area contributed by atoms with E-state index >= 15 is 0 Å². The summed E-state index contributed by atoms with van der Waals surface area (Å²) in [6.07, 6.45) is 3.11. The molecule has 0 radical (unpaired) electrons. The highest BCUT2D eigenvalue weighted by molar-refractivity contribution is 6.31. The van der Waals surface area contributed by atoms with Gasteiger partial charge in [-0.25, -0.2) is 9.59 Å². The smallest absolute Gasteiger partial charge is 0.337 e. The molecule has 1 heterocycles. The van der Waals surface area contributed by atoms with Crippen molar-refractivity contribution in [3.63, 3.8) is 0 Å². The number of halogens is 1. The van der Waals surface area contributed by atoms with E-state index in [1.54, 1.807) is 4.90 Å². The number of hydrogen-bond donors (Lipinski definition) is 2. The van der Waals surface area contributed by atoms with Gasteiger partial charge in [0, 0.05) is 18.1 Å². The Kier molecular flexibility index (Phi) is 5.07. The highest BCUT2D eigenvalue weighted by Gasteiger charge is 2.23. The molecule has 1 aromatic rings. The molecule has 21 heavy (non-hydrogen) atoms. The van der Waals surface area contributed by atoms with Gasteiger partial charge in [0.25, 0.3) is 0 Å². The van der Waals surface area contributed by atoms with Crippen LogP contribution in [0.25, 0.3) is 0 Å². The standard InChI is InChI=1S/C15H19ClN2O3/c1-2-10-5-7-18(8-6-10)15(21)17-13-9-11(16)3-4-12(13)14(19)20/h3-4,9-10H,2,5-8H2,1H3,(H,17,21)(H,19,20).